The third kappa shape index (κ3) is 4.54. The van der Waals surface area contributed by atoms with Crippen molar-refractivity contribution < 1.29 is 0 Å². The maximum atomic E-state index is 4.07. The molecule has 0 saturated carbocycles. The highest BCUT2D eigenvalue weighted by Gasteiger charge is 2.66. The molecule has 0 aliphatic rings. The Hall–Kier alpha value is 3.24. The highest BCUT2D eigenvalue weighted by atomic mass is 80.0. The molecular formula is C16H8Br10. The van der Waals surface area contributed by atoms with Crippen LogP contribution < -0.4 is 0 Å². The second-order valence-electron chi connectivity index (χ2n) is 5.27. The third-order valence-corrected chi connectivity index (χ3v) is 20.1. The summed E-state index contributed by atoms with van der Waals surface area (Å²) in [6, 6.07) is 16.3. The van der Waals surface area contributed by atoms with Crippen LogP contribution in [-0.2, 0) is 4.32 Å². The van der Waals surface area contributed by atoms with Crippen LogP contribution in [0.4, 0.5) is 0 Å². The van der Waals surface area contributed by atoms with Crippen molar-refractivity contribution in [3.63, 3.8) is 0 Å². The molecule has 0 nitrogen and oxygen atoms in total. The van der Waals surface area contributed by atoms with E-state index in [1.54, 1.807) is 0 Å². The highest BCUT2D eigenvalue weighted by Crippen LogP contribution is 2.71. The lowest BCUT2D eigenvalue weighted by Crippen LogP contribution is -2.55. The molecule has 142 valence electrons. The molecule has 0 N–H and O–H groups in total. The Bertz CT molecular complexity index is 781. The molecule has 0 fully saturated rings. The van der Waals surface area contributed by atoms with Crippen LogP contribution in [-0.4, -0.2) is 8.61 Å². The summed E-state index contributed by atoms with van der Waals surface area (Å²) in [5, 5.41) is 0. The summed E-state index contributed by atoms with van der Waals surface area (Å²) in [5.41, 5.74) is 2.07. The number of rotatable bonds is 4. The lowest BCUT2D eigenvalue weighted by atomic mass is 9.87. The Kier molecular flexibility index (Phi) is 9.21. The van der Waals surface area contributed by atoms with Gasteiger partial charge < -0.3 is 0 Å². The molecule has 2 rings (SSSR count). The van der Waals surface area contributed by atoms with E-state index in [0.717, 1.165) is 20.1 Å². The van der Waals surface area contributed by atoms with Crippen LogP contribution in [0.2, 0.25) is 0 Å². The first-order valence-corrected chi connectivity index (χ1v) is 14.7. The van der Waals surface area contributed by atoms with Gasteiger partial charge in [0.1, 0.15) is 10.8 Å². The maximum Gasteiger partial charge on any atom is 0.162 e. The smallest absolute Gasteiger partial charge is 0.0722 e. The molecule has 10 heteroatoms. The largest absolute Gasteiger partial charge is 0.162 e. The molecule has 26 heavy (non-hydrogen) atoms. The number of alkyl halides is 8. The number of halogens is 10. The Morgan fingerprint density at radius 2 is 1.12 bits per heavy atom. The van der Waals surface area contributed by atoms with E-state index in [-0.39, 0.29) is 0 Å². The second kappa shape index (κ2) is 9.39. The van der Waals surface area contributed by atoms with Crippen LogP contribution in [0.25, 0.3) is 0 Å². The Morgan fingerprint density at radius 3 is 1.62 bits per heavy atom. The minimum atomic E-state index is -0.791. The lowest BCUT2D eigenvalue weighted by Gasteiger charge is -2.50. The van der Waals surface area contributed by atoms with E-state index in [2.05, 4.69) is 177 Å². The van der Waals surface area contributed by atoms with Crippen LogP contribution in [0.1, 0.15) is 11.1 Å². The van der Waals surface area contributed by atoms with Crippen molar-refractivity contribution in [1.82, 2.24) is 0 Å². The molecule has 0 heterocycles. The van der Waals surface area contributed by atoms with Crippen LogP contribution in [0.5, 0.6) is 0 Å². The van der Waals surface area contributed by atoms with Crippen molar-refractivity contribution in [3.05, 3.63) is 68.6 Å². The molecule has 2 aromatic carbocycles. The van der Waals surface area contributed by atoms with Crippen LogP contribution >= 0.6 is 159 Å². The maximum absolute atomic E-state index is 4.07. The van der Waals surface area contributed by atoms with Gasteiger partial charge in [-0.25, -0.2) is 0 Å². The van der Waals surface area contributed by atoms with Crippen molar-refractivity contribution >= 4 is 159 Å². The van der Waals surface area contributed by atoms with Crippen molar-refractivity contribution in [2.75, 3.05) is 0 Å². The van der Waals surface area contributed by atoms with Crippen molar-refractivity contribution in [2.24, 2.45) is 0 Å². The highest BCUT2D eigenvalue weighted by molar-refractivity contribution is 9.42. The summed E-state index contributed by atoms with van der Waals surface area (Å²) in [5.74, 6) is 0. The average Bonchev–Trinajstić information content (AvgIpc) is 2.56. The minimum absolute atomic E-state index is 0.695. The fourth-order valence-corrected chi connectivity index (χ4v) is 9.52. The van der Waals surface area contributed by atoms with Gasteiger partial charge in [0, 0.05) is 8.95 Å². The molecule has 0 aromatic heterocycles. The Balaban J connectivity index is 2.89. The van der Waals surface area contributed by atoms with Gasteiger partial charge in [0.2, 0.25) is 0 Å². The van der Waals surface area contributed by atoms with Gasteiger partial charge in [-0.15, -0.1) is 0 Å². The Morgan fingerprint density at radius 1 is 0.577 bits per heavy atom. The summed E-state index contributed by atoms with van der Waals surface area (Å²) < 4.78 is -1.05. The molecule has 1 atom stereocenters. The first-order valence-electron chi connectivity index (χ1n) is 6.79. The number of benzene rings is 2. The van der Waals surface area contributed by atoms with E-state index >= 15 is 0 Å². The summed E-state index contributed by atoms with van der Waals surface area (Å²) in [6.07, 6.45) is 0. The van der Waals surface area contributed by atoms with E-state index in [9.17, 15) is 0 Å². The molecular weight excluding hydrogens is 991 g/mol. The van der Waals surface area contributed by atoms with Crippen molar-refractivity contribution in [1.29, 1.82) is 0 Å². The molecule has 0 spiro atoms. The summed E-state index contributed by atoms with van der Waals surface area (Å²) >= 11 is 37.9. The van der Waals surface area contributed by atoms with E-state index in [1.165, 1.54) is 0 Å². The SMILES string of the molecule is Brc1cccc(C(Br)(c2ccccc2)C(Br)(Br)C(Br)(Br)C(Br)(Br)Br)c1Br. The number of hydrogen-bond acceptors (Lipinski definition) is 0. The van der Waals surface area contributed by atoms with Gasteiger partial charge in [-0.2, -0.15) is 0 Å². The topological polar surface area (TPSA) is 0 Å². The van der Waals surface area contributed by atoms with E-state index in [4.69, 9.17) is 0 Å². The van der Waals surface area contributed by atoms with Gasteiger partial charge in [0.05, 0.1) is 0 Å². The lowest BCUT2D eigenvalue weighted by molar-refractivity contribution is 0.642. The fraction of sp³-hybridized carbons (Fsp3) is 0.250. The zero-order valence-corrected chi connectivity index (χ0v) is 28.3. The second-order valence-corrected chi connectivity index (χ2v) is 21.8. The molecule has 0 aliphatic carbocycles. The van der Waals surface area contributed by atoms with Gasteiger partial charge >= 0.3 is 0 Å². The van der Waals surface area contributed by atoms with Crippen LogP contribution in [0, 0.1) is 0 Å². The summed E-state index contributed by atoms with van der Waals surface area (Å²) in [7, 11) is 0. The predicted molar refractivity (Wildman–Crippen MR) is 149 cm³/mol. The monoisotopic (exact) mass is 989 g/mol. The third-order valence-electron chi connectivity index (χ3n) is 3.68. The molecule has 1 unspecified atom stereocenters. The molecule has 0 aliphatic heterocycles. The first-order chi connectivity index (χ1) is 11.8. The summed E-state index contributed by atoms with van der Waals surface area (Å²) in [4.78, 5) is 0. The average molecular weight is 999 g/mol. The zero-order valence-electron chi connectivity index (χ0n) is 12.4. The molecule has 0 saturated heterocycles. The standard InChI is InChI=1S/C16H8Br10/c17-11-8-4-7-10(12(11)18)13(19,9-5-2-1-3-6-9)14(20,21)15(22,23)16(24,25)26/h1-8H. The normalized spacial score (nSPS) is 15.6. The summed E-state index contributed by atoms with van der Waals surface area (Å²) in [6.45, 7) is 0. The van der Waals surface area contributed by atoms with Gasteiger partial charge in [0.15, 0.2) is 2.14 Å². The molecule has 2 aromatic rings. The van der Waals surface area contributed by atoms with E-state index in [1.807, 2.05) is 30.3 Å². The van der Waals surface area contributed by atoms with Crippen molar-refractivity contribution in [3.8, 4) is 0 Å². The molecule has 0 amide bonds. The first kappa shape index (κ1) is 25.5. The minimum Gasteiger partial charge on any atom is -0.0722 e. The Labute approximate surface area is 237 Å². The van der Waals surface area contributed by atoms with Crippen LogP contribution in [0.15, 0.2) is 57.5 Å². The van der Waals surface area contributed by atoms with Gasteiger partial charge in [0.25, 0.3) is 0 Å². The molecule has 0 bridgehead atoms. The van der Waals surface area contributed by atoms with Crippen LogP contribution in [0.3, 0.4) is 0 Å². The molecule has 0 radical (unpaired) electrons. The predicted octanol–water partition coefficient (Wildman–Crippen LogP) is 10.7. The van der Waals surface area contributed by atoms with Gasteiger partial charge in [-0.1, -0.05) is 170 Å². The van der Waals surface area contributed by atoms with Gasteiger partial charge in [-0.3, -0.25) is 0 Å². The van der Waals surface area contributed by atoms with E-state index < -0.39 is 12.9 Å². The fourth-order valence-electron chi connectivity index (χ4n) is 2.34. The van der Waals surface area contributed by atoms with Gasteiger partial charge in [-0.05, 0) is 49.1 Å². The van der Waals surface area contributed by atoms with E-state index in [0.29, 0.717) is 0 Å². The van der Waals surface area contributed by atoms with Crippen molar-refractivity contribution in [2.45, 2.75) is 12.9 Å². The number of hydrogen-bond donors (Lipinski definition) is 0. The zero-order chi connectivity index (χ0) is 20.0. The quantitative estimate of drug-likeness (QED) is 0.268.